The lowest BCUT2D eigenvalue weighted by atomic mass is 10.2. The van der Waals surface area contributed by atoms with E-state index in [0.717, 1.165) is 6.07 Å². The number of halogens is 3. The van der Waals surface area contributed by atoms with Gasteiger partial charge >= 0.3 is 0 Å². The molecule has 0 aromatic carbocycles. The minimum Gasteiger partial charge on any atom is -0.366 e. The van der Waals surface area contributed by atoms with Gasteiger partial charge in [-0.1, -0.05) is 0 Å². The van der Waals surface area contributed by atoms with Crippen LogP contribution in [0.2, 0.25) is 0 Å². The van der Waals surface area contributed by atoms with E-state index in [1.807, 2.05) is 0 Å². The van der Waals surface area contributed by atoms with E-state index in [1.54, 1.807) is 0 Å². The largest absolute Gasteiger partial charge is 0.366 e. The van der Waals surface area contributed by atoms with Crippen LogP contribution in [0.4, 0.5) is 8.78 Å². The first-order chi connectivity index (χ1) is 6.54. The molecule has 0 aliphatic carbocycles. The second-order valence-electron chi connectivity index (χ2n) is 2.57. The van der Waals surface area contributed by atoms with Crippen molar-refractivity contribution < 1.29 is 13.6 Å². The fourth-order valence-electron chi connectivity index (χ4n) is 0.933. The molecule has 0 spiro atoms. The number of carbonyl (C=O) groups excluding carboxylic acids is 1. The average Bonchev–Trinajstić information content (AvgIpc) is 2.16. The van der Waals surface area contributed by atoms with Gasteiger partial charge in [-0.25, -0.2) is 8.78 Å². The quantitative estimate of drug-likeness (QED) is 0.791. The van der Waals surface area contributed by atoms with Gasteiger partial charge in [0.25, 0.3) is 6.43 Å². The van der Waals surface area contributed by atoms with Gasteiger partial charge in [-0.15, -0.1) is 11.6 Å². The molecule has 1 aromatic heterocycles. The van der Waals surface area contributed by atoms with Gasteiger partial charge in [0, 0.05) is 5.56 Å². The summed E-state index contributed by atoms with van der Waals surface area (Å²) in [4.78, 5) is 14.3. The van der Waals surface area contributed by atoms with E-state index in [9.17, 15) is 13.6 Å². The lowest BCUT2D eigenvalue weighted by Gasteiger charge is -2.04. The monoisotopic (exact) mass is 220 g/mol. The van der Waals surface area contributed by atoms with Gasteiger partial charge < -0.3 is 5.73 Å². The van der Waals surface area contributed by atoms with Crippen molar-refractivity contribution in [1.82, 2.24) is 4.98 Å². The molecule has 0 fully saturated rings. The number of alkyl halides is 3. The summed E-state index contributed by atoms with van der Waals surface area (Å²) in [6.45, 7) is 0. The number of primary amides is 1. The Morgan fingerprint density at radius 1 is 1.57 bits per heavy atom. The number of nitrogens with zero attached hydrogens (tertiary/aromatic N) is 1. The molecular weight excluding hydrogens is 214 g/mol. The molecule has 0 bridgehead atoms. The summed E-state index contributed by atoms with van der Waals surface area (Å²) in [7, 11) is 0. The molecule has 76 valence electrons. The van der Waals surface area contributed by atoms with Crippen molar-refractivity contribution in [2.75, 3.05) is 0 Å². The molecule has 3 nitrogen and oxygen atoms in total. The van der Waals surface area contributed by atoms with Gasteiger partial charge in [-0.05, 0) is 12.1 Å². The Balaban J connectivity index is 3.20. The first kappa shape index (κ1) is 10.8. The van der Waals surface area contributed by atoms with Crippen LogP contribution >= 0.6 is 11.6 Å². The van der Waals surface area contributed by atoms with Crippen LogP contribution in [0.3, 0.4) is 0 Å². The predicted molar refractivity (Wildman–Crippen MR) is 47.3 cm³/mol. The smallest absolute Gasteiger partial charge is 0.280 e. The van der Waals surface area contributed by atoms with Crippen LogP contribution in [0, 0.1) is 0 Å². The highest BCUT2D eigenvalue weighted by atomic mass is 35.5. The molecule has 0 aliphatic heterocycles. The van der Waals surface area contributed by atoms with Crippen molar-refractivity contribution in [2.45, 2.75) is 12.3 Å². The number of pyridine rings is 1. The van der Waals surface area contributed by atoms with Crippen LogP contribution in [0.5, 0.6) is 0 Å². The Kier molecular flexibility index (Phi) is 3.35. The summed E-state index contributed by atoms with van der Waals surface area (Å²) >= 11 is 5.42. The van der Waals surface area contributed by atoms with Crippen molar-refractivity contribution in [3.63, 3.8) is 0 Å². The van der Waals surface area contributed by atoms with Crippen LogP contribution in [0.1, 0.15) is 28.2 Å². The van der Waals surface area contributed by atoms with Crippen LogP contribution in [-0.4, -0.2) is 10.9 Å². The fourth-order valence-corrected chi connectivity index (χ4v) is 1.07. The molecule has 1 rings (SSSR count). The maximum Gasteiger partial charge on any atom is 0.280 e. The van der Waals surface area contributed by atoms with Crippen LogP contribution in [0.25, 0.3) is 0 Å². The number of nitrogens with two attached hydrogens (primary N) is 1. The van der Waals surface area contributed by atoms with E-state index in [-0.39, 0.29) is 17.1 Å². The Labute approximate surface area is 83.9 Å². The summed E-state index contributed by atoms with van der Waals surface area (Å²) in [6.07, 6.45) is -2.74. The summed E-state index contributed by atoms with van der Waals surface area (Å²) in [5.41, 5.74) is 4.66. The highest BCUT2D eigenvalue weighted by molar-refractivity contribution is 6.17. The SMILES string of the molecule is NC(=O)c1cc(CCl)nc(C(F)F)c1. The zero-order valence-electron chi connectivity index (χ0n) is 7.01. The van der Waals surface area contributed by atoms with Gasteiger partial charge in [0.1, 0.15) is 5.69 Å². The van der Waals surface area contributed by atoms with E-state index in [0.29, 0.717) is 0 Å². The molecule has 0 radical (unpaired) electrons. The van der Waals surface area contributed by atoms with Crippen LogP contribution in [-0.2, 0) is 5.88 Å². The number of carbonyl (C=O) groups is 1. The molecule has 0 saturated carbocycles. The molecule has 1 aromatic rings. The number of hydrogen-bond acceptors (Lipinski definition) is 2. The molecule has 0 saturated heterocycles. The van der Waals surface area contributed by atoms with Gasteiger partial charge in [0.2, 0.25) is 5.91 Å². The molecule has 2 N–H and O–H groups in total. The zero-order chi connectivity index (χ0) is 10.7. The highest BCUT2D eigenvalue weighted by Crippen LogP contribution is 2.19. The third-order valence-corrected chi connectivity index (χ3v) is 1.82. The molecule has 0 aliphatic rings. The topological polar surface area (TPSA) is 56.0 Å². The molecular formula is C8H7ClF2N2O. The van der Waals surface area contributed by atoms with Crippen LogP contribution in [0.15, 0.2) is 12.1 Å². The number of rotatable bonds is 3. The number of aromatic nitrogens is 1. The van der Waals surface area contributed by atoms with Gasteiger partial charge in [0.05, 0.1) is 11.6 Å². The molecule has 6 heteroatoms. The Morgan fingerprint density at radius 3 is 2.64 bits per heavy atom. The Morgan fingerprint density at radius 2 is 2.21 bits per heavy atom. The van der Waals surface area contributed by atoms with Crippen molar-refractivity contribution in [3.05, 3.63) is 29.1 Å². The summed E-state index contributed by atoms with van der Waals surface area (Å²) < 4.78 is 24.5. The highest BCUT2D eigenvalue weighted by Gasteiger charge is 2.13. The standard InChI is InChI=1S/C8H7ClF2N2O/c9-3-5-1-4(8(12)14)2-6(13-5)7(10)11/h1-2,7H,3H2,(H2,12,14). The lowest BCUT2D eigenvalue weighted by molar-refractivity contribution is 0.0999. The number of hydrogen-bond donors (Lipinski definition) is 1. The van der Waals surface area contributed by atoms with E-state index in [4.69, 9.17) is 17.3 Å². The second-order valence-corrected chi connectivity index (χ2v) is 2.84. The lowest BCUT2D eigenvalue weighted by Crippen LogP contribution is -2.12. The first-order valence-corrected chi connectivity index (χ1v) is 4.23. The van der Waals surface area contributed by atoms with E-state index < -0.39 is 18.0 Å². The number of amides is 1. The maximum atomic E-state index is 12.3. The summed E-state index contributed by atoms with van der Waals surface area (Å²) in [5, 5.41) is 0. The zero-order valence-corrected chi connectivity index (χ0v) is 7.76. The van der Waals surface area contributed by atoms with Crippen molar-refractivity contribution in [2.24, 2.45) is 5.73 Å². The Hall–Kier alpha value is -1.23. The first-order valence-electron chi connectivity index (χ1n) is 3.69. The molecule has 14 heavy (non-hydrogen) atoms. The average molecular weight is 221 g/mol. The van der Waals surface area contributed by atoms with E-state index >= 15 is 0 Å². The third-order valence-electron chi connectivity index (χ3n) is 1.54. The fraction of sp³-hybridized carbons (Fsp3) is 0.250. The van der Waals surface area contributed by atoms with Gasteiger partial charge in [-0.2, -0.15) is 0 Å². The summed E-state index contributed by atoms with van der Waals surface area (Å²) in [5.74, 6) is -0.818. The van der Waals surface area contributed by atoms with Gasteiger partial charge in [0.15, 0.2) is 0 Å². The van der Waals surface area contributed by atoms with Crippen molar-refractivity contribution in [1.29, 1.82) is 0 Å². The molecule has 1 heterocycles. The van der Waals surface area contributed by atoms with Gasteiger partial charge in [-0.3, -0.25) is 9.78 Å². The minimum absolute atomic E-state index is 0.00838. The van der Waals surface area contributed by atoms with Crippen LogP contribution < -0.4 is 5.73 Å². The molecule has 0 unspecified atom stereocenters. The normalized spacial score (nSPS) is 10.6. The Bertz CT molecular complexity index is 357. The predicted octanol–water partition coefficient (Wildman–Crippen LogP) is 1.86. The third kappa shape index (κ3) is 2.38. The second kappa shape index (κ2) is 4.32. The maximum absolute atomic E-state index is 12.3. The van der Waals surface area contributed by atoms with Crippen molar-refractivity contribution >= 4 is 17.5 Å². The molecule has 0 atom stereocenters. The van der Waals surface area contributed by atoms with E-state index in [2.05, 4.69) is 4.98 Å². The molecule has 1 amide bonds. The van der Waals surface area contributed by atoms with E-state index in [1.165, 1.54) is 6.07 Å². The van der Waals surface area contributed by atoms with Crippen molar-refractivity contribution in [3.8, 4) is 0 Å². The minimum atomic E-state index is -2.74. The summed E-state index contributed by atoms with van der Waals surface area (Å²) in [6, 6.07) is 2.25.